The number of rotatable bonds is 9. The number of hydrogen-bond donors (Lipinski definition) is 2. The SMILES string of the molecule is Cc1csc(CNS(=O)(=O)N(C)CCCNC2CC2)n1. The number of hydrogen-bond acceptors (Lipinski definition) is 5. The number of nitrogens with one attached hydrogen (secondary N) is 2. The maximum atomic E-state index is 12.0. The molecule has 0 aromatic carbocycles. The van der Waals surface area contributed by atoms with E-state index in [0.29, 0.717) is 12.6 Å². The van der Waals surface area contributed by atoms with Crippen LogP contribution in [0.4, 0.5) is 0 Å². The molecule has 20 heavy (non-hydrogen) atoms. The second-order valence-electron chi connectivity index (χ2n) is 5.11. The van der Waals surface area contributed by atoms with E-state index in [2.05, 4.69) is 15.0 Å². The Morgan fingerprint density at radius 2 is 2.25 bits per heavy atom. The molecule has 0 atom stereocenters. The summed E-state index contributed by atoms with van der Waals surface area (Å²) in [7, 11) is -1.81. The van der Waals surface area contributed by atoms with Crippen molar-refractivity contribution >= 4 is 21.5 Å². The third kappa shape index (κ3) is 5.10. The lowest BCUT2D eigenvalue weighted by Crippen LogP contribution is -2.39. The molecule has 1 aromatic rings. The van der Waals surface area contributed by atoms with Gasteiger partial charge in [0.25, 0.3) is 10.2 Å². The molecule has 0 aliphatic heterocycles. The lowest BCUT2D eigenvalue weighted by molar-refractivity contribution is 0.444. The van der Waals surface area contributed by atoms with Gasteiger partial charge in [-0.25, -0.2) is 4.98 Å². The standard InChI is InChI=1S/C12H22N4O2S2/c1-10-9-19-12(15-10)8-14-20(17,18)16(2)7-3-6-13-11-4-5-11/h9,11,13-14H,3-8H2,1-2H3. The summed E-state index contributed by atoms with van der Waals surface area (Å²) in [6.07, 6.45) is 3.33. The zero-order valence-corrected chi connectivity index (χ0v) is 13.6. The van der Waals surface area contributed by atoms with Gasteiger partial charge in [-0.05, 0) is 32.7 Å². The van der Waals surface area contributed by atoms with Crippen LogP contribution in [0.25, 0.3) is 0 Å². The molecule has 0 unspecified atom stereocenters. The quantitative estimate of drug-likeness (QED) is 0.662. The highest BCUT2D eigenvalue weighted by Crippen LogP contribution is 2.18. The Kier molecular flexibility index (Phi) is 5.50. The molecule has 1 aromatic heterocycles. The summed E-state index contributed by atoms with van der Waals surface area (Å²) in [4.78, 5) is 4.24. The molecule has 1 heterocycles. The highest BCUT2D eigenvalue weighted by Gasteiger charge is 2.21. The molecule has 8 heteroatoms. The normalized spacial score (nSPS) is 15.9. The van der Waals surface area contributed by atoms with Crippen molar-refractivity contribution in [2.24, 2.45) is 0 Å². The minimum Gasteiger partial charge on any atom is -0.314 e. The highest BCUT2D eigenvalue weighted by molar-refractivity contribution is 7.87. The topological polar surface area (TPSA) is 74.3 Å². The zero-order chi connectivity index (χ0) is 14.6. The summed E-state index contributed by atoms with van der Waals surface area (Å²) in [5.74, 6) is 0. The van der Waals surface area contributed by atoms with Crippen molar-refractivity contribution in [1.82, 2.24) is 19.3 Å². The van der Waals surface area contributed by atoms with Gasteiger partial charge in [0.2, 0.25) is 0 Å². The van der Waals surface area contributed by atoms with Gasteiger partial charge < -0.3 is 5.32 Å². The fourth-order valence-electron chi connectivity index (χ4n) is 1.76. The maximum Gasteiger partial charge on any atom is 0.279 e. The summed E-state index contributed by atoms with van der Waals surface area (Å²) in [5.41, 5.74) is 0.920. The summed E-state index contributed by atoms with van der Waals surface area (Å²) in [5, 5.41) is 6.07. The summed E-state index contributed by atoms with van der Waals surface area (Å²) >= 11 is 1.47. The third-order valence-electron chi connectivity index (χ3n) is 3.14. The molecule has 6 nitrogen and oxygen atoms in total. The minimum atomic E-state index is -3.41. The molecule has 2 N–H and O–H groups in total. The van der Waals surface area contributed by atoms with Crippen LogP contribution < -0.4 is 10.0 Å². The number of aromatic nitrogens is 1. The largest absolute Gasteiger partial charge is 0.314 e. The maximum absolute atomic E-state index is 12.0. The Balaban J connectivity index is 1.70. The molecular weight excluding hydrogens is 296 g/mol. The zero-order valence-electron chi connectivity index (χ0n) is 11.9. The van der Waals surface area contributed by atoms with Crippen molar-refractivity contribution in [3.63, 3.8) is 0 Å². The predicted octanol–water partition coefficient (Wildman–Crippen LogP) is 0.860. The van der Waals surface area contributed by atoms with Crippen LogP contribution in [-0.2, 0) is 16.8 Å². The highest BCUT2D eigenvalue weighted by atomic mass is 32.2. The number of thiazole rings is 1. The lowest BCUT2D eigenvalue weighted by atomic mass is 10.4. The average molecular weight is 318 g/mol. The van der Waals surface area contributed by atoms with Gasteiger partial charge >= 0.3 is 0 Å². The van der Waals surface area contributed by atoms with Crippen molar-refractivity contribution < 1.29 is 8.42 Å². The van der Waals surface area contributed by atoms with Crippen LogP contribution in [0.5, 0.6) is 0 Å². The fourth-order valence-corrected chi connectivity index (χ4v) is 3.47. The Morgan fingerprint density at radius 3 is 2.85 bits per heavy atom. The Morgan fingerprint density at radius 1 is 1.50 bits per heavy atom. The third-order valence-corrected chi connectivity index (χ3v) is 5.62. The molecule has 0 radical (unpaired) electrons. The van der Waals surface area contributed by atoms with Gasteiger partial charge in [-0.1, -0.05) is 0 Å². The molecule has 0 saturated heterocycles. The first-order valence-electron chi connectivity index (χ1n) is 6.83. The van der Waals surface area contributed by atoms with E-state index in [4.69, 9.17) is 0 Å². The van der Waals surface area contributed by atoms with Crippen LogP contribution in [0.2, 0.25) is 0 Å². The van der Waals surface area contributed by atoms with Crippen molar-refractivity contribution in [2.45, 2.75) is 38.8 Å². The first kappa shape index (κ1) is 15.8. The molecule has 1 fully saturated rings. The van der Waals surface area contributed by atoms with E-state index in [-0.39, 0.29) is 6.54 Å². The summed E-state index contributed by atoms with van der Waals surface area (Å²) in [6.45, 7) is 3.54. The van der Waals surface area contributed by atoms with E-state index < -0.39 is 10.2 Å². The van der Waals surface area contributed by atoms with Crippen LogP contribution in [0.3, 0.4) is 0 Å². The van der Waals surface area contributed by atoms with Crippen LogP contribution >= 0.6 is 11.3 Å². The van der Waals surface area contributed by atoms with Gasteiger partial charge in [-0.15, -0.1) is 11.3 Å². The molecule has 0 spiro atoms. The molecule has 0 amide bonds. The predicted molar refractivity (Wildman–Crippen MR) is 80.9 cm³/mol. The monoisotopic (exact) mass is 318 g/mol. The van der Waals surface area contributed by atoms with Gasteiger partial charge in [-0.3, -0.25) is 0 Å². The van der Waals surface area contributed by atoms with Crippen LogP contribution in [0, 0.1) is 6.92 Å². The molecule has 1 aliphatic rings. The molecular formula is C12H22N4O2S2. The van der Waals surface area contributed by atoms with E-state index in [0.717, 1.165) is 23.7 Å². The minimum absolute atomic E-state index is 0.255. The van der Waals surface area contributed by atoms with Crippen molar-refractivity contribution in [1.29, 1.82) is 0 Å². The van der Waals surface area contributed by atoms with Crippen LogP contribution in [0.1, 0.15) is 30.0 Å². The van der Waals surface area contributed by atoms with E-state index in [1.165, 1.54) is 28.5 Å². The second kappa shape index (κ2) is 6.95. The van der Waals surface area contributed by atoms with Gasteiger partial charge in [0.15, 0.2) is 0 Å². The number of nitrogens with zero attached hydrogens (tertiary/aromatic N) is 2. The van der Waals surface area contributed by atoms with Gasteiger partial charge in [0, 0.05) is 30.7 Å². The summed E-state index contributed by atoms with van der Waals surface area (Å²) in [6, 6.07) is 0.670. The molecule has 0 bridgehead atoms. The Hall–Kier alpha value is -0.540. The van der Waals surface area contributed by atoms with E-state index in [1.807, 2.05) is 12.3 Å². The molecule has 1 saturated carbocycles. The fraction of sp³-hybridized carbons (Fsp3) is 0.750. The Labute approximate surface area is 124 Å². The van der Waals surface area contributed by atoms with Gasteiger partial charge in [0.05, 0.1) is 6.54 Å². The average Bonchev–Trinajstić information content (AvgIpc) is 3.13. The lowest BCUT2D eigenvalue weighted by Gasteiger charge is -2.17. The van der Waals surface area contributed by atoms with E-state index >= 15 is 0 Å². The molecule has 2 rings (SSSR count). The van der Waals surface area contributed by atoms with E-state index in [9.17, 15) is 8.42 Å². The summed E-state index contributed by atoms with van der Waals surface area (Å²) < 4.78 is 28.0. The van der Waals surface area contributed by atoms with Crippen LogP contribution in [0.15, 0.2) is 5.38 Å². The van der Waals surface area contributed by atoms with E-state index in [1.54, 1.807) is 7.05 Å². The molecule has 114 valence electrons. The number of aryl methyl sites for hydroxylation is 1. The Bertz CT molecular complexity index is 525. The van der Waals surface area contributed by atoms with Gasteiger partial charge in [-0.2, -0.15) is 17.4 Å². The van der Waals surface area contributed by atoms with Gasteiger partial charge in [0.1, 0.15) is 5.01 Å². The first-order chi connectivity index (χ1) is 9.47. The van der Waals surface area contributed by atoms with Crippen LogP contribution in [-0.4, -0.2) is 43.9 Å². The first-order valence-corrected chi connectivity index (χ1v) is 9.14. The molecule has 1 aliphatic carbocycles. The van der Waals surface area contributed by atoms with Crippen molar-refractivity contribution in [2.75, 3.05) is 20.1 Å². The second-order valence-corrected chi connectivity index (χ2v) is 7.92. The van der Waals surface area contributed by atoms with Crippen molar-refractivity contribution in [3.05, 3.63) is 16.1 Å². The smallest absolute Gasteiger partial charge is 0.279 e. The van der Waals surface area contributed by atoms with Crippen molar-refractivity contribution in [3.8, 4) is 0 Å².